The highest BCUT2D eigenvalue weighted by Gasteiger charge is 2.19. The van der Waals surface area contributed by atoms with Crippen LogP contribution in [0.5, 0.6) is 0 Å². The highest BCUT2D eigenvalue weighted by atomic mass is 32.1. The quantitative estimate of drug-likeness (QED) is 0.234. The standard InChI is InChI=1S/C34H34N4O3S/c35-21-24(22-36-11-14-37-12-1-2-13-37)23-9-10-31-29(19-23)27-7-4-6-26(34(27)42-31)25-5-3-8-28-30(39)20-32(41-33(25)28)38-15-17-40-18-16-38/h3-10,19-22H,1-2,11-18,35H2/b24-21+,36-22?. The predicted molar refractivity (Wildman–Crippen MR) is 175 cm³/mol. The maximum atomic E-state index is 13.2. The summed E-state index contributed by atoms with van der Waals surface area (Å²) in [4.78, 5) is 22.4. The minimum atomic E-state index is -0.0315. The molecular formula is C34H34N4O3S. The van der Waals surface area contributed by atoms with Gasteiger partial charge in [0.25, 0.3) is 0 Å². The molecule has 42 heavy (non-hydrogen) atoms. The SMILES string of the molecule is N/C=C(\C=NCCN1CCCC1)c1ccc2sc3c(-c4cccc5c(=O)cc(N6CCOCC6)oc45)cccc3c2c1. The lowest BCUT2D eigenvalue weighted by Crippen LogP contribution is -2.36. The van der Waals surface area contributed by atoms with Crippen molar-refractivity contribution in [1.29, 1.82) is 0 Å². The molecule has 0 spiro atoms. The Bertz CT molecular complexity index is 1880. The molecule has 2 aliphatic rings. The third-order valence-electron chi connectivity index (χ3n) is 8.34. The number of allylic oxidation sites excluding steroid dienone is 1. The number of para-hydroxylation sites is 1. The fourth-order valence-corrected chi connectivity index (χ4v) is 7.30. The summed E-state index contributed by atoms with van der Waals surface area (Å²) < 4.78 is 14.3. The molecule has 3 aromatic carbocycles. The summed E-state index contributed by atoms with van der Waals surface area (Å²) in [6.45, 7) is 6.78. The number of nitrogens with zero attached hydrogens (tertiary/aromatic N) is 3. The lowest BCUT2D eigenvalue weighted by Gasteiger charge is -2.27. The lowest BCUT2D eigenvalue weighted by molar-refractivity contribution is 0.121. The van der Waals surface area contributed by atoms with Gasteiger partial charge < -0.3 is 24.7 Å². The van der Waals surface area contributed by atoms with Crippen LogP contribution in [0.4, 0.5) is 5.88 Å². The summed E-state index contributed by atoms with van der Waals surface area (Å²) in [7, 11) is 0. The zero-order chi connectivity index (χ0) is 28.5. The molecule has 2 aliphatic heterocycles. The monoisotopic (exact) mass is 578 g/mol. The first-order valence-electron chi connectivity index (χ1n) is 14.7. The number of likely N-dealkylation sites (tertiary alicyclic amines) is 1. The van der Waals surface area contributed by atoms with E-state index < -0.39 is 0 Å². The molecule has 0 radical (unpaired) electrons. The number of hydrogen-bond donors (Lipinski definition) is 1. The highest BCUT2D eigenvalue weighted by molar-refractivity contribution is 7.26. The Balaban J connectivity index is 1.27. The molecule has 0 saturated carbocycles. The van der Waals surface area contributed by atoms with Crippen molar-refractivity contribution in [3.05, 3.63) is 82.7 Å². The second-order valence-corrected chi connectivity index (χ2v) is 12.0. The molecule has 7 nitrogen and oxygen atoms in total. The molecule has 5 aromatic rings. The average Bonchev–Trinajstić information content (AvgIpc) is 3.69. The van der Waals surface area contributed by atoms with Crippen molar-refractivity contribution in [1.82, 2.24) is 4.90 Å². The van der Waals surface area contributed by atoms with Gasteiger partial charge in [-0.25, -0.2) is 0 Å². The van der Waals surface area contributed by atoms with Gasteiger partial charge in [0.15, 0.2) is 11.3 Å². The van der Waals surface area contributed by atoms with E-state index in [1.54, 1.807) is 23.6 Å². The molecule has 0 aliphatic carbocycles. The third-order valence-corrected chi connectivity index (χ3v) is 9.56. The average molecular weight is 579 g/mol. The van der Waals surface area contributed by atoms with Crippen LogP contribution in [0.15, 0.2) is 81.1 Å². The van der Waals surface area contributed by atoms with Crippen LogP contribution in [-0.2, 0) is 4.74 Å². The molecule has 7 rings (SSSR count). The molecule has 2 saturated heterocycles. The summed E-state index contributed by atoms with van der Waals surface area (Å²) in [6, 6.07) is 20.3. The molecule has 0 atom stereocenters. The van der Waals surface area contributed by atoms with E-state index in [1.165, 1.54) is 41.4 Å². The van der Waals surface area contributed by atoms with Crippen LogP contribution < -0.4 is 16.1 Å². The fourth-order valence-electron chi connectivity index (χ4n) is 6.09. The Labute approximate surface area is 248 Å². The number of aliphatic imine (C=N–C) groups is 1. The Morgan fingerprint density at radius 1 is 0.929 bits per heavy atom. The van der Waals surface area contributed by atoms with Crippen LogP contribution in [0.25, 0.3) is 47.8 Å². The maximum Gasteiger partial charge on any atom is 0.200 e. The lowest BCUT2D eigenvalue weighted by atomic mass is 9.99. The summed E-state index contributed by atoms with van der Waals surface area (Å²) in [5.41, 5.74) is 10.6. The van der Waals surface area contributed by atoms with E-state index in [1.807, 2.05) is 24.4 Å². The second-order valence-electron chi connectivity index (χ2n) is 10.9. The minimum Gasteiger partial charge on any atom is -0.440 e. The van der Waals surface area contributed by atoms with E-state index >= 15 is 0 Å². The maximum absolute atomic E-state index is 13.2. The van der Waals surface area contributed by atoms with Crippen molar-refractivity contribution < 1.29 is 9.15 Å². The topological polar surface area (TPSA) is 84.3 Å². The Morgan fingerprint density at radius 3 is 2.52 bits per heavy atom. The molecule has 0 bridgehead atoms. The molecule has 8 heteroatoms. The summed E-state index contributed by atoms with van der Waals surface area (Å²) in [6.07, 6.45) is 6.13. The molecule has 4 heterocycles. The molecule has 0 amide bonds. The Kier molecular flexibility index (Phi) is 7.50. The number of hydrogen-bond acceptors (Lipinski definition) is 8. The Hall–Kier alpha value is -3.98. The number of anilines is 1. The number of rotatable bonds is 7. The molecule has 2 aromatic heterocycles. The number of thiophene rings is 1. The van der Waals surface area contributed by atoms with Gasteiger partial charge in [-0.2, -0.15) is 0 Å². The van der Waals surface area contributed by atoms with E-state index in [2.05, 4.69) is 51.2 Å². The molecule has 2 fully saturated rings. The first kappa shape index (κ1) is 26.9. The van der Waals surface area contributed by atoms with Crippen LogP contribution in [-0.4, -0.2) is 63.6 Å². The van der Waals surface area contributed by atoms with Gasteiger partial charge >= 0.3 is 0 Å². The van der Waals surface area contributed by atoms with Gasteiger partial charge in [-0.3, -0.25) is 9.79 Å². The van der Waals surface area contributed by atoms with Crippen molar-refractivity contribution in [2.45, 2.75) is 12.8 Å². The summed E-state index contributed by atoms with van der Waals surface area (Å²) >= 11 is 1.76. The molecular weight excluding hydrogens is 544 g/mol. The first-order chi connectivity index (χ1) is 20.7. The van der Waals surface area contributed by atoms with Gasteiger partial charge in [0.2, 0.25) is 0 Å². The summed E-state index contributed by atoms with van der Waals surface area (Å²) in [5.74, 6) is 0.597. The van der Waals surface area contributed by atoms with E-state index in [-0.39, 0.29) is 5.43 Å². The van der Waals surface area contributed by atoms with Gasteiger partial charge in [-0.15, -0.1) is 11.3 Å². The van der Waals surface area contributed by atoms with Gasteiger partial charge in [0.05, 0.1) is 25.1 Å². The molecule has 2 N–H and O–H groups in total. The van der Waals surface area contributed by atoms with E-state index in [4.69, 9.17) is 14.9 Å². The van der Waals surface area contributed by atoms with Gasteiger partial charge in [-0.05, 0) is 49.7 Å². The van der Waals surface area contributed by atoms with Crippen molar-refractivity contribution in [2.24, 2.45) is 10.7 Å². The van der Waals surface area contributed by atoms with E-state index in [0.717, 1.165) is 40.1 Å². The largest absolute Gasteiger partial charge is 0.440 e. The predicted octanol–water partition coefficient (Wildman–Crippen LogP) is 6.13. The van der Waals surface area contributed by atoms with Gasteiger partial charge in [0.1, 0.15) is 5.58 Å². The smallest absolute Gasteiger partial charge is 0.200 e. The zero-order valence-corrected chi connectivity index (χ0v) is 24.4. The Morgan fingerprint density at radius 2 is 1.71 bits per heavy atom. The van der Waals surface area contributed by atoms with Crippen molar-refractivity contribution in [2.75, 3.05) is 57.4 Å². The fraction of sp³-hybridized carbons (Fsp3) is 0.294. The number of fused-ring (bicyclic) bond motifs is 4. The highest BCUT2D eigenvalue weighted by Crippen LogP contribution is 2.42. The molecule has 214 valence electrons. The summed E-state index contributed by atoms with van der Waals surface area (Å²) in [5, 5.41) is 2.93. The van der Waals surface area contributed by atoms with Crippen LogP contribution in [0.3, 0.4) is 0 Å². The number of morpholine rings is 1. The first-order valence-corrected chi connectivity index (χ1v) is 15.5. The van der Waals surface area contributed by atoms with Crippen molar-refractivity contribution >= 4 is 60.2 Å². The van der Waals surface area contributed by atoms with E-state index in [9.17, 15) is 4.79 Å². The van der Waals surface area contributed by atoms with Crippen LogP contribution >= 0.6 is 11.3 Å². The minimum absolute atomic E-state index is 0.0315. The van der Waals surface area contributed by atoms with Crippen LogP contribution in [0, 0.1) is 0 Å². The molecule has 0 unspecified atom stereocenters. The number of ether oxygens (including phenoxy) is 1. The van der Waals surface area contributed by atoms with Crippen molar-refractivity contribution in [3.63, 3.8) is 0 Å². The zero-order valence-electron chi connectivity index (χ0n) is 23.6. The normalized spacial score (nSPS) is 17.0. The van der Waals surface area contributed by atoms with Gasteiger partial charge in [-0.1, -0.05) is 36.4 Å². The van der Waals surface area contributed by atoms with Crippen molar-refractivity contribution in [3.8, 4) is 11.1 Å². The van der Waals surface area contributed by atoms with Gasteiger partial charge in [0, 0.05) is 75.0 Å². The second kappa shape index (κ2) is 11.7. The number of nitrogens with two attached hydrogens (primary N) is 1. The van der Waals surface area contributed by atoms with Crippen LogP contribution in [0.2, 0.25) is 0 Å². The third kappa shape index (κ3) is 5.11. The number of benzene rings is 3. The van der Waals surface area contributed by atoms with E-state index in [0.29, 0.717) is 43.2 Å². The van der Waals surface area contributed by atoms with Crippen LogP contribution in [0.1, 0.15) is 18.4 Å².